The summed E-state index contributed by atoms with van der Waals surface area (Å²) in [7, 11) is 0. The van der Waals surface area contributed by atoms with Gasteiger partial charge in [0, 0.05) is 24.4 Å². The molecule has 1 N–H and O–H groups in total. The Morgan fingerprint density at radius 3 is 2.71 bits per heavy atom. The smallest absolute Gasteiger partial charge is 0.225 e. The van der Waals surface area contributed by atoms with Crippen LogP contribution in [0.5, 0.6) is 0 Å². The van der Waals surface area contributed by atoms with E-state index in [0.29, 0.717) is 5.95 Å². The Morgan fingerprint density at radius 2 is 2.00 bits per heavy atom. The second-order valence-electron chi connectivity index (χ2n) is 3.98. The third-order valence-corrected chi connectivity index (χ3v) is 2.49. The summed E-state index contributed by atoms with van der Waals surface area (Å²) in [4.78, 5) is 16.2. The van der Waals surface area contributed by atoms with Crippen LogP contribution in [0.4, 0.5) is 5.95 Å². The maximum absolute atomic E-state index is 4.37. The lowest BCUT2D eigenvalue weighted by Gasteiger charge is -2.13. The Morgan fingerprint density at radius 1 is 1.24 bits per heavy atom. The summed E-state index contributed by atoms with van der Waals surface area (Å²) >= 11 is 0. The minimum atomic E-state index is 0.228. The SMILES string of the molecule is Cc1cccnc1C[C@H](C)Nc1ncncn1. The summed E-state index contributed by atoms with van der Waals surface area (Å²) in [5, 5.41) is 3.22. The number of nitrogens with zero attached hydrogens (tertiary/aromatic N) is 4. The number of hydrogen-bond acceptors (Lipinski definition) is 5. The molecular formula is C12H15N5. The Bertz CT molecular complexity index is 471. The highest BCUT2D eigenvalue weighted by Crippen LogP contribution is 2.08. The zero-order chi connectivity index (χ0) is 12.1. The molecule has 0 radical (unpaired) electrons. The van der Waals surface area contributed by atoms with E-state index < -0.39 is 0 Å². The van der Waals surface area contributed by atoms with E-state index in [1.54, 1.807) is 0 Å². The Balaban J connectivity index is 1.98. The van der Waals surface area contributed by atoms with E-state index >= 15 is 0 Å². The second kappa shape index (κ2) is 5.34. The highest BCUT2D eigenvalue weighted by atomic mass is 15.1. The van der Waals surface area contributed by atoms with Crippen molar-refractivity contribution in [2.45, 2.75) is 26.3 Å². The lowest BCUT2D eigenvalue weighted by molar-refractivity contribution is 0.752. The molecule has 5 heteroatoms. The summed E-state index contributed by atoms with van der Waals surface area (Å²) in [5.41, 5.74) is 2.30. The molecule has 0 spiro atoms. The standard InChI is InChI=1S/C12H15N5/c1-9-4-3-5-14-11(9)6-10(2)17-12-15-7-13-8-16-12/h3-5,7-8,10H,6H2,1-2H3,(H,13,15,16,17)/t10-/m0/s1. The Kier molecular flexibility index (Phi) is 3.59. The van der Waals surface area contributed by atoms with Crippen molar-refractivity contribution < 1.29 is 0 Å². The molecule has 0 aliphatic carbocycles. The normalized spacial score (nSPS) is 12.1. The number of pyridine rings is 1. The van der Waals surface area contributed by atoms with Crippen LogP contribution >= 0.6 is 0 Å². The predicted octanol–water partition coefficient (Wildman–Crippen LogP) is 1.62. The zero-order valence-corrected chi connectivity index (χ0v) is 9.96. The van der Waals surface area contributed by atoms with Gasteiger partial charge < -0.3 is 5.32 Å². The topological polar surface area (TPSA) is 63.6 Å². The monoisotopic (exact) mass is 229 g/mol. The van der Waals surface area contributed by atoms with Crippen molar-refractivity contribution in [3.8, 4) is 0 Å². The van der Waals surface area contributed by atoms with E-state index in [9.17, 15) is 0 Å². The van der Waals surface area contributed by atoms with Crippen LogP contribution in [-0.4, -0.2) is 26.0 Å². The van der Waals surface area contributed by atoms with Crippen molar-refractivity contribution in [2.24, 2.45) is 0 Å². The highest BCUT2D eigenvalue weighted by molar-refractivity contribution is 5.25. The van der Waals surface area contributed by atoms with Gasteiger partial charge in [-0.2, -0.15) is 0 Å². The van der Waals surface area contributed by atoms with Gasteiger partial charge in [-0.25, -0.2) is 15.0 Å². The van der Waals surface area contributed by atoms with Gasteiger partial charge in [0.25, 0.3) is 0 Å². The van der Waals surface area contributed by atoms with Crippen molar-refractivity contribution >= 4 is 5.95 Å². The first-order valence-electron chi connectivity index (χ1n) is 5.54. The van der Waals surface area contributed by atoms with Crippen molar-refractivity contribution in [2.75, 3.05) is 5.32 Å². The van der Waals surface area contributed by atoms with Crippen LogP contribution < -0.4 is 5.32 Å². The minimum Gasteiger partial charge on any atom is -0.351 e. The molecule has 17 heavy (non-hydrogen) atoms. The van der Waals surface area contributed by atoms with Crippen molar-refractivity contribution in [1.29, 1.82) is 0 Å². The fraction of sp³-hybridized carbons (Fsp3) is 0.333. The third-order valence-electron chi connectivity index (χ3n) is 2.49. The molecule has 0 saturated heterocycles. The number of nitrogens with one attached hydrogen (secondary N) is 1. The van der Waals surface area contributed by atoms with Gasteiger partial charge in [-0.3, -0.25) is 4.98 Å². The molecule has 0 aromatic carbocycles. The molecule has 0 saturated carbocycles. The minimum absolute atomic E-state index is 0.228. The Labute approximate surface area is 100 Å². The molecule has 0 aliphatic heterocycles. The maximum atomic E-state index is 4.37. The van der Waals surface area contributed by atoms with Gasteiger partial charge in [0.1, 0.15) is 12.7 Å². The summed E-state index contributed by atoms with van der Waals surface area (Å²) in [6, 6.07) is 4.24. The lowest BCUT2D eigenvalue weighted by Crippen LogP contribution is -2.20. The van der Waals surface area contributed by atoms with E-state index in [2.05, 4.69) is 45.2 Å². The molecule has 88 valence electrons. The Hall–Kier alpha value is -2.04. The molecule has 2 aromatic rings. The number of aromatic nitrogens is 4. The van der Waals surface area contributed by atoms with E-state index in [0.717, 1.165) is 12.1 Å². The predicted molar refractivity (Wildman–Crippen MR) is 65.6 cm³/mol. The first-order chi connectivity index (χ1) is 8.25. The van der Waals surface area contributed by atoms with Crippen LogP contribution in [-0.2, 0) is 6.42 Å². The molecule has 0 bridgehead atoms. The molecule has 2 heterocycles. The van der Waals surface area contributed by atoms with Crippen LogP contribution in [0.2, 0.25) is 0 Å². The van der Waals surface area contributed by atoms with Crippen LogP contribution in [0.3, 0.4) is 0 Å². The molecule has 0 aliphatic rings. The van der Waals surface area contributed by atoms with Crippen LogP contribution in [0, 0.1) is 6.92 Å². The number of hydrogen-bond donors (Lipinski definition) is 1. The number of aryl methyl sites for hydroxylation is 1. The summed E-state index contributed by atoms with van der Waals surface area (Å²) in [5.74, 6) is 0.598. The maximum Gasteiger partial charge on any atom is 0.225 e. The quantitative estimate of drug-likeness (QED) is 0.863. The van der Waals surface area contributed by atoms with Gasteiger partial charge in [-0.15, -0.1) is 0 Å². The molecule has 5 nitrogen and oxygen atoms in total. The molecule has 1 atom stereocenters. The zero-order valence-electron chi connectivity index (χ0n) is 9.96. The van der Waals surface area contributed by atoms with Gasteiger partial charge in [-0.05, 0) is 25.5 Å². The highest BCUT2D eigenvalue weighted by Gasteiger charge is 2.07. The summed E-state index contributed by atoms with van der Waals surface area (Å²) < 4.78 is 0. The fourth-order valence-electron chi connectivity index (χ4n) is 1.61. The average Bonchev–Trinajstić information content (AvgIpc) is 2.33. The van der Waals surface area contributed by atoms with Crippen LogP contribution in [0.25, 0.3) is 0 Å². The van der Waals surface area contributed by atoms with Crippen LogP contribution in [0.15, 0.2) is 31.0 Å². The van der Waals surface area contributed by atoms with Gasteiger partial charge >= 0.3 is 0 Å². The van der Waals surface area contributed by atoms with Crippen molar-refractivity contribution in [3.63, 3.8) is 0 Å². The summed E-state index contributed by atoms with van der Waals surface area (Å²) in [6.07, 6.45) is 5.62. The largest absolute Gasteiger partial charge is 0.351 e. The molecule has 2 rings (SSSR count). The van der Waals surface area contributed by atoms with Gasteiger partial charge in [-0.1, -0.05) is 6.07 Å². The van der Waals surface area contributed by atoms with Gasteiger partial charge in [0.05, 0.1) is 0 Å². The average molecular weight is 229 g/mol. The van der Waals surface area contributed by atoms with E-state index in [1.807, 2.05) is 12.3 Å². The van der Waals surface area contributed by atoms with Gasteiger partial charge in [0.15, 0.2) is 0 Å². The molecule has 0 fully saturated rings. The molecule has 0 amide bonds. The van der Waals surface area contributed by atoms with Crippen LogP contribution in [0.1, 0.15) is 18.2 Å². The van der Waals surface area contributed by atoms with E-state index in [4.69, 9.17) is 0 Å². The first kappa shape index (κ1) is 11.4. The lowest BCUT2D eigenvalue weighted by atomic mass is 10.1. The second-order valence-corrected chi connectivity index (χ2v) is 3.98. The van der Waals surface area contributed by atoms with Crippen molar-refractivity contribution in [3.05, 3.63) is 42.2 Å². The van der Waals surface area contributed by atoms with Gasteiger partial charge in [0.2, 0.25) is 5.95 Å². The van der Waals surface area contributed by atoms with E-state index in [-0.39, 0.29) is 6.04 Å². The number of rotatable bonds is 4. The van der Waals surface area contributed by atoms with Crippen molar-refractivity contribution in [1.82, 2.24) is 19.9 Å². The molecule has 2 aromatic heterocycles. The fourth-order valence-corrected chi connectivity index (χ4v) is 1.61. The summed E-state index contributed by atoms with van der Waals surface area (Å²) in [6.45, 7) is 4.15. The number of anilines is 1. The molecule has 0 unspecified atom stereocenters. The first-order valence-corrected chi connectivity index (χ1v) is 5.54. The van der Waals surface area contributed by atoms with E-state index in [1.165, 1.54) is 18.2 Å². The third kappa shape index (κ3) is 3.21. The molecular weight excluding hydrogens is 214 g/mol.